The zero-order valence-electron chi connectivity index (χ0n) is 9.01. The summed E-state index contributed by atoms with van der Waals surface area (Å²) < 4.78 is 5.78. The second-order valence-corrected chi connectivity index (χ2v) is 6.56. The van der Waals surface area contributed by atoms with Gasteiger partial charge in [-0.3, -0.25) is 0 Å². The summed E-state index contributed by atoms with van der Waals surface area (Å²) >= 11 is 7.33. The minimum atomic E-state index is 0.0273. The van der Waals surface area contributed by atoms with Crippen LogP contribution in [0.15, 0.2) is 0 Å². The SMILES string of the molecule is CCOC1SC(C)(C)C(=S)C1(C)C. The maximum absolute atomic E-state index is 5.70. The van der Waals surface area contributed by atoms with Crippen LogP contribution in [0.3, 0.4) is 0 Å². The summed E-state index contributed by atoms with van der Waals surface area (Å²) in [7, 11) is 0. The van der Waals surface area contributed by atoms with Crippen LogP contribution in [0.5, 0.6) is 0 Å². The summed E-state index contributed by atoms with van der Waals surface area (Å²) in [5.41, 5.74) is 0.250. The largest absolute Gasteiger partial charge is 0.367 e. The number of thiocarbonyl (C=S) groups is 1. The van der Waals surface area contributed by atoms with Crippen LogP contribution in [0.25, 0.3) is 0 Å². The van der Waals surface area contributed by atoms with Gasteiger partial charge in [0.15, 0.2) is 0 Å². The third-order valence-electron chi connectivity index (χ3n) is 2.44. The highest BCUT2D eigenvalue weighted by Crippen LogP contribution is 2.51. The molecule has 1 aliphatic rings. The molecule has 0 bridgehead atoms. The molecule has 0 spiro atoms. The maximum atomic E-state index is 5.70. The van der Waals surface area contributed by atoms with Crippen molar-refractivity contribution >= 4 is 28.8 Å². The van der Waals surface area contributed by atoms with E-state index < -0.39 is 0 Å². The van der Waals surface area contributed by atoms with E-state index in [0.717, 1.165) is 11.5 Å². The van der Waals surface area contributed by atoms with E-state index in [0.29, 0.717) is 0 Å². The number of rotatable bonds is 2. The first-order valence-corrected chi connectivity index (χ1v) is 5.95. The van der Waals surface area contributed by atoms with Gasteiger partial charge >= 0.3 is 0 Å². The van der Waals surface area contributed by atoms with E-state index in [2.05, 4.69) is 27.7 Å². The molecule has 1 rings (SSSR count). The van der Waals surface area contributed by atoms with Crippen molar-refractivity contribution in [2.75, 3.05) is 6.61 Å². The van der Waals surface area contributed by atoms with Crippen LogP contribution >= 0.6 is 24.0 Å². The molecular weight excluding hydrogens is 200 g/mol. The number of hydrogen-bond acceptors (Lipinski definition) is 3. The Morgan fingerprint density at radius 2 is 1.92 bits per heavy atom. The normalized spacial score (nSPS) is 30.8. The van der Waals surface area contributed by atoms with Crippen LogP contribution in [0, 0.1) is 5.41 Å². The van der Waals surface area contributed by atoms with Crippen molar-refractivity contribution in [3.63, 3.8) is 0 Å². The zero-order chi connectivity index (χ0) is 10.3. The highest BCUT2D eigenvalue weighted by Gasteiger charge is 2.50. The number of thioether (sulfide) groups is 1. The van der Waals surface area contributed by atoms with Gasteiger partial charge in [-0.1, -0.05) is 26.1 Å². The van der Waals surface area contributed by atoms with Crippen LogP contribution in [-0.4, -0.2) is 21.7 Å². The maximum Gasteiger partial charge on any atom is 0.113 e. The molecule has 1 aliphatic heterocycles. The van der Waals surface area contributed by atoms with Crippen LogP contribution in [0.4, 0.5) is 0 Å². The van der Waals surface area contributed by atoms with Gasteiger partial charge in [-0.15, -0.1) is 11.8 Å². The van der Waals surface area contributed by atoms with Crippen molar-refractivity contribution in [2.45, 2.75) is 44.8 Å². The standard InChI is InChI=1S/C10H18OS2/c1-6-11-8-9(2,3)7(12)10(4,5)13-8/h8H,6H2,1-5H3. The van der Waals surface area contributed by atoms with Gasteiger partial charge in [0.2, 0.25) is 0 Å². The molecule has 3 heteroatoms. The lowest BCUT2D eigenvalue weighted by Crippen LogP contribution is -2.33. The molecule has 0 aromatic carbocycles. The summed E-state index contributed by atoms with van der Waals surface area (Å²) in [5, 5.41) is 0. The molecule has 0 radical (unpaired) electrons. The molecule has 76 valence electrons. The quantitative estimate of drug-likeness (QED) is 0.658. The van der Waals surface area contributed by atoms with Gasteiger partial charge in [-0.25, -0.2) is 0 Å². The first-order valence-electron chi connectivity index (χ1n) is 4.66. The third kappa shape index (κ3) is 1.92. The molecule has 0 aliphatic carbocycles. The summed E-state index contributed by atoms with van der Waals surface area (Å²) in [6, 6.07) is 0. The van der Waals surface area contributed by atoms with Gasteiger partial charge < -0.3 is 4.74 Å². The molecule has 1 nitrogen and oxygen atoms in total. The smallest absolute Gasteiger partial charge is 0.113 e. The monoisotopic (exact) mass is 218 g/mol. The number of hydrogen-bond donors (Lipinski definition) is 0. The van der Waals surface area contributed by atoms with E-state index in [1.165, 1.54) is 0 Å². The molecule has 0 aromatic heterocycles. The Morgan fingerprint density at radius 1 is 1.38 bits per heavy atom. The average molecular weight is 218 g/mol. The van der Waals surface area contributed by atoms with Crippen molar-refractivity contribution in [3.8, 4) is 0 Å². The molecule has 1 saturated heterocycles. The molecule has 1 atom stereocenters. The van der Waals surface area contributed by atoms with E-state index in [9.17, 15) is 0 Å². The van der Waals surface area contributed by atoms with Gasteiger partial charge in [0.1, 0.15) is 5.44 Å². The molecule has 0 amide bonds. The number of ether oxygens (including phenoxy) is 1. The Hall–Kier alpha value is 0.400. The van der Waals surface area contributed by atoms with Crippen LogP contribution in [-0.2, 0) is 4.74 Å². The van der Waals surface area contributed by atoms with Crippen molar-refractivity contribution in [3.05, 3.63) is 0 Å². The molecule has 13 heavy (non-hydrogen) atoms. The summed E-state index contributed by atoms with van der Waals surface area (Å²) in [5.74, 6) is 0. The highest BCUT2D eigenvalue weighted by atomic mass is 32.2. The first-order chi connectivity index (χ1) is 5.82. The van der Waals surface area contributed by atoms with Crippen molar-refractivity contribution in [1.29, 1.82) is 0 Å². The predicted octanol–water partition coefficient (Wildman–Crippen LogP) is 3.27. The molecule has 1 fully saturated rings. The zero-order valence-corrected chi connectivity index (χ0v) is 10.6. The molecule has 0 N–H and O–H groups in total. The lowest BCUT2D eigenvalue weighted by atomic mass is 9.84. The average Bonchev–Trinajstić information content (AvgIpc) is 2.14. The van der Waals surface area contributed by atoms with Crippen molar-refractivity contribution in [2.24, 2.45) is 5.41 Å². The van der Waals surface area contributed by atoms with E-state index in [4.69, 9.17) is 17.0 Å². The third-order valence-corrected chi connectivity index (χ3v) is 5.34. The Morgan fingerprint density at radius 3 is 2.23 bits per heavy atom. The Kier molecular flexibility index (Phi) is 3.11. The fourth-order valence-corrected chi connectivity index (χ4v) is 3.59. The molecule has 1 unspecified atom stereocenters. The van der Waals surface area contributed by atoms with E-state index in [1.54, 1.807) is 0 Å². The highest BCUT2D eigenvalue weighted by molar-refractivity contribution is 8.04. The molecular formula is C10H18OS2. The van der Waals surface area contributed by atoms with Gasteiger partial charge in [0.25, 0.3) is 0 Å². The van der Waals surface area contributed by atoms with Crippen molar-refractivity contribution < 1.29 is 4.74 Å². The fourth-order valence-electron chi connectivity index (χ4n) is 1.75. The van der Waals surface area contributed by atoms with Crippen LogP contribution in [0.2, 0.25) is 0 Å². The summed E-state index contributed by atoms with van der Waals surface area (Å²) in [6.45, 7) is 11.5. The van der Waals surface area contributed by atoms with E-state index >= 15 is 0 Å². The van der Waals surface area contributed by atoms with Crippen LogP contribution in [0.1, 0.15) is 34.6 Å². The van der Waals surface area contributed by atoms with E-state index in [1.807, 2.05) is 18.7 Å². The Bertz CT molecular complexity index is 221. The second kappa shape index (κ2) is 3.52. The lowest BCUT2D eigenvalue weighted by Gasteiger charge is -2.25. The van der Waals surface area contributed by atoms with Gasteiger partial charge in [0, 0.05) is 21.6 Å². The fraction of sp³-hybridized carbons (Fsp3) is 0.900. The summed E-state index contributed by atoms with van der Waals surface area (Å²) in [6.07, 6.45) is 0. The lowest BCUT2D eigenvalue weighted by molar-refractivity contribution is 0.0778. The first kappa shape index (κ1) is 11.5. The van der Waals surface area contributed by atoms with Crippen molar-refractivity contribution in [1.82, 2.24) is 0 Å². The minimum Gasteiger partial charge on any atom is -0.367 e. The van der Waals surface area contributed by atoms with Gasteiger partial charge in [-0.05, 0) is 20.8 Å². The van der Waals surface area contributed by atoms with Gasteiger partial charge in [-0.2, -0.15) is 0 Å². The molecule has 1 heterocycles. The van der Waals surface area contributed by atoms with E-state index in [-0.39, 0.29) is 15.6 Å². The second-order valence-electron chi connectivity index (χ2n) is 4.47. The minimum absolute atomic E-state index is 0.0273. The van der Waals surface area contributed by atoms with Crippen LogP contribution < -0.4 is 0 Å². The Labute approximate surface area is 90.6 Å². The van der Waals surface area contributed by atoms with Gasteiger partial charge in [0.05, 0.1) is 0 Å². The molecule has 0 aromatic rings. The summed E-state index contributed by atoms with van der Waals surface area (Å²) in [4.78, 5) is 1.13. The molecule has 0 saturated carbocycles. The topological polar surface area (TPSA) is 9.23 Å². The predicted molar refractivity (Wildman–Crippen MR) is 63.5 cm³/mol. The Balaban J connectivity index is 2.87.